The number of hydrogen-bond acceptors (Lipinski definition) is 6. The van der Waals surface area contributed by atoms with Gasteiger partial charge in [-0.05, 0) is 86.1 Å². The zero-order valence-electron chi connectivity index (χ0n) is 19.0. The highest BCUT2D eigenvalue weighted by Crippen LogP contribution is 2.34. The van der Waals surface area contributed by atoms with E-state index in [4.69, 9.17) is 27.9 Å². The Labute approximate surface area is 217 Å². The second-order valence-corrected chi connectivity index (χ2v) is 11.1. The fraction of sp³-hybridized carbons (Fsp3) is 0.385. The summed E-state index contributed by atoms with van der Waals surface area (Å²) in [6.45, 7) is 2.21. The molecule has 0 radical (unpaired) electrons. The molecule has 1 aliphatic heterocycles. The van der Waals surface area contributed by atoms with Gasteiger partial charge in [0.25, 0.3) is 11.7 Å². The van der Waals surface area contributed by atoms with Gasteiger partial charge in [-0.15, -0.1) is 11.3 Å². The number of benzene rings is 2. The molecule has 0 bridgehead atoms. The van der Waals surface area contributed by atoms with Crippen LogP contribution in [0.4, 0.5) is 0 Å². The summed E-state index contributed by atoms with van der Waals surface area (Å²) in [5, 5.41) is 15.8. The summed E-state index contributed by atoms with van der Waals surface area (Å²) < 4.78 is 6.67. The lowest BCUT2D eigenvalue weighted by Gasteiger charge is -2.28. The number of ether oxygens (including phenoxy) is 1. The fourth-order valence-corrected chi connectivity index (χ4v) is 5.73. The summed E-state index contributed by atoms with van der Waals surface area (Å²) in [7, 11) is 0. The molecule has 5 rings (SSSR count). The molecule has 2 aromatic carbocycles. The Morgan fingerprint density at radius 2 is 1.89 bits per heavy atom. The zero-order chi connectivity index (χ0) is 24.5. The van der Waals surface area contributed by atoms with Crippen LogP contribution in [0.15, 0.2) is 42.5 Å². The van der Waals surface area contributed by atoms with Crippen molar-refractivity contribution in [2.45, 2.75) is 43.9 Å². The third-order valence-electron chi connectivity index (χ3n) is 6.38. The van der Waals surface area contributed by atoms with Crippen molar-refractivity contribution < 1.29 is 19.4 Å². The van der Waals surface area contributed by atoms with Crippen molar-refractivity contribution in [3.63, 3.8) is 0 Å². The number of fused-ring (bicyclic) bond motifs is 1. The van der Waals surface area contributed by atoms with Gasteiger partial charge in [-0.2, -0.15) is 0 Å². The lowest BCUT2D eigenvalue weighted by Crippen LogP contribution is -2.48. The first-order chi connectivity index (χ1) is 16.9. The number of nitrogens with one attached hydrogen (secondary N) is 1. The molecule has 0 unspecified atom stereocenters. The van der Waals surface area contributed by atoms with E-state index >= 15 is 0 Å². The van der Waals surface area contributed by atoms with E-state index in [2.05, 4.69) is 10.2 Å². The first kappa shape index (κ1) is 24.5. The summed E-state index contributed by atoms with van der Waals surface area (Å²) in [5.41, 5.74) is 0.562. The second kappa shape index (κ2) is 10.4. The van der Waals surface area contributed by atoms with Crippen molar-refractivity contribution in [2.75, 3.05) is 19.6 Å². The minimum absolute atomic E-state index is 0.210. The molecule has 0 spiro atoms. The third kappa shape index (κ3) is 5.81. The van der Waals surface area contributed by atoms with E-state index in [0.717, 1.165) is 48.9 Å². The van der Waals surface area contributed by atoms with Crippen molar-refractivity contribution >= 4 is 56.3 Å². The number of ketones is 1. The maximum Gasteiger partial charge on any atom is 0.293 e. The highest BCUT2D eigenvalue weighted by atomic mass is 35.5. The Kier molecular flexibility index (Phi) is 7.32. The molecule has 184 valence electrons. The zero-order valence-corrected chi connectivity index (χ0v) is 21.3. The number of carbonyl (C=O) groups is 2. The molecule has 1 amide bonds. The second-order valence-electron chi connectivity index (χ2n) is 9.16. The first-order valence-corrected chi connectivity index (χ1v) is 13.4. The predicted octanol–water partition coefficient (Wildman–Crippen LogP) is 5.25. The number of halogens is 2. The topological polar surface area (TPSA) is 78.9 Å². The van der Waals surface area contributed by atoms with E-state index < -0.39 is 23.8 Å². The number of carbonyl (C=O) groups excluding carboxylic acids is 2. The number of aliphatic hydroxyl groups excluding tert-OH is 1. The molecule has 3 aromatic rings. The molecule has 2 N–H and O–H groups in total. The molecule has 1 aliphatic carbocycles. The van der Waals surface area contributed by atoms with E-state index in [-0.39, 0.29) is 6.10 Å². The number of hydrogen-bond donors (Lipinski definition) is 2. The molecule has 2 heterocycles. The monoisotopic (exact) mass is 532 g/mol. The first-order valence-electron chi connectivity index (χ1n) is 11.8. The lowest BCUT2D eigenvalue weighted by atomic mass is 10.0. The van der Waals surface area contributed by atoms with Gasteiger partial charge >= 0.3 is 0 Å². The maximum absolute atomic E-state index is 13.0. The Morgan fingerprint density at radius 3 is 2.60 bits per heavy atom. The predicted molar refractivity (Wildman–Crippen MR) is 139 cm³/mol. The van der Waals surface area contributed by atoms with Gasteiger partial charge in [0, 0.05) is 16.3 Å². The number of Topliss-reactive ketones (excluding diaryl/α,β-unsaturated/α-hetero) is 1. The van der Waals surface area contributed by atoms with E-state index in [0.29, 0.717) is 32.8 Å². The molecule has 35 heavy (non-hydrogen) atoms. The third-order valence-corrected chi connectivity index (χ3v) is 8.02. The average molecular weight is 533 g/mol. The normalized spacial score (nSPS) is 17.9. The number of thiophene rings is 1. The van der Waals surface area contributed by atoms with Crippen LogP contribution in [0.3, 0.4) is 0 Å². The molecule has 6 nitrogen and oxygen atoms in total. The summed E-state index contributed by atoms with van der Waals surface area (Å²) in [4.78, 5) is 28.5. The van der Waals surface area contributed by atoms with E-state index in [9.17, 15) is 14.7 Å². The van der Waals surface area contributed by atoms with Crippen LogP contribution in [0.5, 0.6) is 5.75 Å². The van der Waals surface area contributed by atoms with E-state index in [1.165, 1.54) is 11.3 Å². The molecular weight excluding hydrogens is 507 g/mol. The maximum atomic E-state index is 13.0. The van der Waals surface area contributed by atoms with Gasteiger partial charge in [0.15, 0.2) is 0 Å². The lowest BCUT2D eigenvalue weighted by molar-refractivity contribution is -0.118. The molecule has 2 aliphatic rings. The molecule has 1 aromatic heterocycles. The number of likely N-dealkylation sites (tertiary alicyclic amines) is 1. The van der Waals surface area contributed by atoms with E-state index in [1.807, 2.05) is 6.07 Å². The van der Waals surface area contributed by atoms with Crippen LogP contribution in [0.25, 0.3) is 10.1 Å². The van der Waals surface area contributed by atoms with Gasteiger partial charge in [-0.3, -0.25) is 9.59 Å². The van der Waals surface area contributed by atoms with Crippen LogP contribution in [-0.2, 0) is 4.79 Å². The Balaban J connectivity index is 1.34. The summed E-state index contributed by atoms with van der Waals surface area (Å²) in [6.07, 6.45) is 3.34. The van der Waals surface area contributed by atoms with Gasteiger partial charge in [-0.25, -0.2) is 0 Å². The van der Waals surface area contributed by atoms with Crippen molar-refractivity contribution in [1.82, 2.24) is 10.2 Å². The highest BCUT2D eigenvalue weighted by Gasteiger charge is 2.30. The summed E-state index contributed by atoms with van der Waals surface area (Å²) >= 11 is 13.7. The van der Waals surface area contributed by atoms with Crippen LogP contribution in [0.2, 0.25) is 10.0 Å². The standard InChI is InChI=1S/C26H26Cl2N2O4S/c27-17-4-8-22-16(11-17)13-23(35-22)25(32)26(33)29-20(14-30-9-1-2-10-30)24(31)15-3-7-21(19(28)12-15)34-18-5-6-18/h3-4,7-8,11-13,18,20,24,31H,1-2,5-6,9-10,14H2,(H,29,33)/t20-,24-/m1/s1. The fourth-order valence-electron chi connectivity index (χ4n) is 4.33. The molecular formula is C26H26Cl2N2O4S. The summed E-state index contributed by atoms with van der Waals surface area (Å²) in [6, 6.07) is 11.5. The summed E-state index contributed by atoms with van der Waals surface area (Å²) in [5.74, 6) is -0.789. The minimum atomic E-state index is -1.04. The number of nitrogens with zero attached hydrogens (tertiary/aromatic N) is 1. The van der Waals surface area contributed by atoms with Crippen molar-refractivity contribution in [3.05, 3.63) is 63.0 Å². The van der Waals surface area contributed by atoms with Gasteiger partial charge in [0.1, 0.15) is 11.9 Å². The van der Waals surface area contributed by atoms with Crippen LogP contribution < -0.4 is 10.1 Å². The molecule has 1 saturated heterocycles. The Hall–Kier alpha value is -2.16. The average Bonchev–Trinajstić information content (AvgIpc) is 3.32. The molecule has 2 atom stereocenters. The van der Waals surface area contributed by atoms with Crippen molar-refractivity contribution in [1.29, 1.82) is 0 Å². The largest absolute Gasteiger partial charge is 0.489 e. The number of rotatable bonds is 9. The Bertz CT molecular complexity index is 1250. The van der Waals surface area contributed by atoms with Crippen molar-refractivity contribution in [3.8, 4) is 5.75 Å². The Morgan fingerprint density at radius 1 is 1.11 bits per heavy atom. The van der Waals surface area contributed by atoms with Crippen LogP contribution >= 0.6 is 34.5 Å². The number of aliphatic hydroxyl groups is 1. The smallest absolute Gasteiger partial charge is 0.293 e. The minimum Gasteiger partial charge on any atom is -0.489 e. The van der Waals surface area contributed by atoms with Gasteiger partial charge < -0.3 is 20.1 Å². The highest BCUT2D eigenvalue weighted by molar-refractivity contribution is 7.21. The number of amides is 1. The quantitative estimate of drug-likeness (QED) is 0.290. The SMILES string of the molecule is O=C(N[C@H](CN1CCCC1)[C@H](O)c1ccc(OC2CC2)c(Cl)c1)C(=O)c1cc2cc(Cl)ccc2s1. The molecule has 9 heteroatoms. The van der Waals surface area contributed by atoms with Crippen LogP contribution in [0.1, 0.15) is 47.0 Å². The van der Waals surface area contributed by atoms with Gasteiger partial charge in [-0.1, -0.05) is 29.3 Å². The van der Waals surface area contributed by atoms with Gasteiger partial charge in [0.05, 0.1) is 22.0 Å². The molecule has 2 fully saturated rings. The molecule has 1 saturated carbocycles. The van der Waals surface area contributed by atoms with Crippen LogP contribution in [-0.4, -0.2) is 53.5 Å². The van der Waals surface area contributed by atoms with E-state index in [1.54, 1.807) is 36.4 Å². The van der Waals surface area contributed by atoms with Crippen molar-refractivity contribution in [2.24, 2.45) is 0 Å². The van der Waals surface area contributed by atoms with Crippen LogP contribution in [0, 0.1) is 0 Å². The van der Waals surface area contributed by atoms with Gasteiger partial charge in [0.2, 0.25) is 0 Å².